The fourth-order valence-electron chi connectivity index (χ4n) is 2.25. The molecule has 1 heterocycles. The molecule has 0 unspecified atom stereocenters. The minimum Gasteiger partial charge on any atom is -0.481 e. The Morgan fingerprint density at radius 1 is 1.29 bits per heavy atom. The lowest BCUT2D eigenvalue weighted by Crippen LogP contribution is -2.50. The number of amides is 3. The molecule has 1 saturated heterocycles. The summed E-state index contributed by atoms with van der Waals surface area (Å²) in [5.74, 6) is -0.998. The molecular weight excluding hydrogens is 274 g/mol. The first-order valence-electron chi connectivity index (χ1n) is 7.30. The van der Waals surface area contributed by atoms with Crippen LogP contribution in [0.3, 0.4) is 0 Å². The number of likely N-dealkylation sites (N-methyl/N-ethyl adjacent to an activating group) is 1. The fourth-order valence-corrected chi connectivity index (χ4v) is 2.25. The molecule has 0 aromatic rings. The minimum atomic E-state index is -0.818. The highest BCUT2D eigenvalue weighted by Crippen LogP contribution is 2.31. The van der Waals surface area contributed by atoms with Gasteiger partial charge in [-0.15, -0.1) is 0 Å². The Morgan fingerprint density at radius 3 is 2.33 bits per heavy atom. The first kappa shape index (κ1) is 17.3. The standard InChI is InChI=1S/C14H25N3O4/c1-4-7-15-11(18)10-16(3)13(21)17-8-5-14(2,6-9-17)12(19)20/h4-10H2,1-3H3,(H,15,18)(H,19,20). The summed E-state index contributed by atoms with van der Waals surface area (Å²) in [7, 11) is 1.58. The predicted molar refractivity (Wildman–Crippen MR) is 77.9 cm³/mol. The van der Waals surface area contributed by atoms with Gasteiger partial charge in [0.25, 0.3) is 0 Å². The highest BCUT2D eigenvalue weighted by molar-refractivity contribution is 5.84. The maximum absolute atomic E-state index is 12.2. The largest absolute Gasteiger partial charge is 0.481 e. The molecule has 7 nitrogen and oxygen atoms in total. The molecule has 3 amide bonds. The molecule has 0 atom stereocenters. The van der Waals surface area contributed by atoms with Gasteiger partial charge < -0.3 is 20.2 Å². The van der Waals surface area contributed by atoms with Gasteiger partial charge in [-0.1, -0.05) is 6.92 Å². The maximum Gasteiger partial charge on any atom is 0.320 e. The van der Waals surface area contributed by atoms with Crippen LogP contribution in [0.15, 0.2) is 0 Å². The van der Waals surface area contributed by atoms with Crippen LogP contribution in [-0.4, -0.2) is 66.0 Å². The number of hydrogen-bond acceptors (Lipinski definition) is 3. The molecule has 0 aromatic heterocycles. The van der Waals surface area contributed by atoms with Gasteiger partial charge in [-0.3, -0.25) is 9.59 Å². The Kier molecular flexibility index (Phi) is 5.99. The zero-order valence-corrected chi connectivity index (χ0v) is 13.0. The smallest absolute Gasteiger partial charge is 0.320 e. The quantitative estimate of drug-likeness (QED) is 0.784. The van der Waals surface area contributed by atoms with Gasteiger partial charge in [0.2, 0.25) is 5.91 Å². The van der Waals surface area contributed by atoms with Gasteiger partial charge in [0.1, 0.15) is 6.54 Å². The second-order valence-electron chi connectivity index (χ2n) is 5.84. The monoisotopic (exact) mass is 299 g/mol. The van der Waals surface area contributed by atoms with Gasteiger partial charge in [-0.05, 0) is 26.2 Å². The second-order valence-corrected chi connectivity index (χ2v) is 5.84. The number of nitrogens with one attached hydrogen (secondary N) is 1. The van der Waals surface area contributed by atoms with Gasteiger partial charge in [0, 0.05) is 26.7 Å². The third kappa shape index (κ3) is 4.61. The summed E-state index contributed by atoms with van der Waals surface area (Å²) in [4.78, 5) is 37.9. The van der Waals surface area contributed by atoms with E-state index in [0.717, 1.165) is 6.42 Å². The van der Waals surface area contributed by atoms with Gasteiger partial charge in [0.05, 0.1) is 5.41 Å². The number of rotatable bonds is 5. The van der Waals surface area contributed by atoms with Crippen LogP contribution in [-0.2, 0) is 9.59 Å². The van der Waals surface area contributed by atoms with Gasteiger partial charge in [-0.2, -0.15) is 0 Å². The van der Waals surface area contributed by atoms with E-state index in [1.54, 1.807) is 18.9 Å². The lowest BCUT2D eigenvalue weighted by molar-refractivity contribution is -0.150. The zero-order valence-electron chi connectivity index (χ0n) is 13.0. The van der Waals surface area contributed by atoms with Crippen molar-refractivity contribution in [3.63, 3.8) is 0 Å². The summed E-state index contributed by atoms with van der Waals surface area (Å²) in [6.45, 7) is 5.10. The van der Waals surface area contributed by atoms with Crippen molar-refractivity contribution in [1.29, 1.82) is 0 Å². The van der Waals surface area contributed by atoms with Crippen molar-refractivity contribution >= 4 is 17.9 Å². The number of urea groups is 1. The lowest BCUT2D eigenvalue weighted by atomic mass is 9.80. The van der Waals surface area contributed by atoms with E-state index in [1.165, 1.54) is 4.90 Å². The number of carboxylic acid groups (broad SMARTS) is 1. The number of carbonyl (C=O) groups is 3. The number of carbonyl (C=O) groups excluding carboxylic acids is 2. The summed E-state index contributed by atoms with van der Waals surface area (Å²) in [5, 5.41) is 11.9. The molecule has 0 radical (unpaired) electrons. The van der Waals surface area contributed by atoms with Crippen LogP contribution in [0.25, 0.3) is 0 Å². The Labute approximate surface area is 125 Å². The van der Waals surface area contributed by atoms with Crippen molar-refractivity contribution in [2.45, 2.75) is 33.1 Å². The molecule has 1 aliphatic rings. The van der Waals surface area contributed by atoms with E-state index in [-0.39, 0.29) is 18.5 Å². The van der Waals surface area contributed by atoms with Crippen LogP contribution >= 0.6 is 0 Å². The van der Waals surface area contributed by atoms with Crippen LogP contribution in [0.4, 0.5) is 4.79 Å². The van der Waals surface area contributed by atoms with E-state index in [4.69, 9.17) is 5.11 Å². The van der Waals surface area contributed by atoms with Crippen LogP contribution in [0.1, 0.15) is 33.1 Å². The summed E-state index contributed by atoms with van der Waals surface area (Å²) < 4.78 is 0. The molecular formula is C14H25N3O4. The Morgan fingerprint density at radius 2 is 1.86 bits per heavy atom. The lowest BCUT2D eigenvalue weighted by Gasteiger charge is -2.37. The summed E-state index contributed by atoms with van der Waals surface area (Å²) >= 11 is 0. The van der Waals surface area contributed by atoms with Crippen LogP contribution in [0, 0.1) is 5.41 Å². The molecule has 7 heteroatoms. The highest BCUT2D eigenvalue weighted by atomic mass is 16.4. The first-order valence-corrected chi connectivity index (χ1v) is 7.30. The van der Waals surface area contributed by atoms with Crippen molar-refractivity contribution in [2.24, 2.45) is 5.41 Å². The molecule has 0 saturated carbocycles. The van der Waals surface area contributed by atoms with E-state index in [1.807, 2.05) is 6.92 Å². The molecule has 21 heavy (non-hydrogen) atoms. The highest BCUT2D eigenvalue weighted by Gasteiger charge is 2.38. The minimum absolute atomic E-state index is 0.0194. The molecule has 0 bridgehead atoms. The molecule has 0 aliphatic carbocycles. The number of piperidine rings is 1. The van der Waals surface area contributed by atoms with Gasteiger partial charge in [0.15, 0.2) is 0 Å². The summed E-state index contributed by atoms with van der Waals surface area (Å²) in [6, 6.07) is -0.228. The predicted octanol–water partition coefficient (Wildman–Crippen LogP) is 0.751. The molecule has 0 spiro atoms. The fraction of sp³-hybridized carbons (Fsp3) is 0.786. The van der Waals surface area contributed by atoms with Crippen molar-refractivity contribution in [3.05, 3.63) is 0 Å². The van der Waals surface area contributed by atoms with Crippen LogP contribution in [0.5, 0.6) is 0 Å². The number of aliphatic carboxylic acids is 1. The number of hydrogen-bond donors (Lipinski definition) is 2. The van der Waals surface area contributed by atoms with Crippen molar-refractivity contribution in [3.8, 4) is 0 Å². The number of carboxylic acids is 1. The van der Waals surface area contributed by atoms with Crippen molar-refractivity contribution < 1.29 is 19.5 Å². The maximum atomic E-state index is 12.2. The summed E-state index contributed by atoms with van der Waals surface area (Å²) in [5.41, 5.74) is -0.756. The Bertz CT molecular complexity index is 403. The average molecular weight is 299 g/mol. The molecule has 120 valence electrons. The second kappa shape index (κ2) is 7.28. The topological polar surface area (TPSA) is 90.0 Å². The molecule has 2 N–H and O–H groups in total. The van der Waals surface area contributed by atoms with Crippen LogP contribution in [0.2, 0.25) is 0 Å². The van der Waals surface area contributed by atoms with Gasteiger partial charge >= 0.3 is 12.0 Å². The molecule has 1 fully saturated rings. The summed E-state index contributed by atoms with van der Waals surface area (Å²) in [6.07, 6.45) is 1.72. The van der Waals surface area contributed by atoms with E-state index in [2.05, 4.69) is 5.32 Å². The first-order chi connectivity index (χ1) is 9.80. The molecule has 1 rings (SSSR count). The SMILES string of the molecule is CCCNC(=O)CN(C)C(=O)N1CCC(C)(C(=O)O)CC1. The normalized spacial score (nSPS) is 17.2. The number of nitrogens with zero attached hydrogens (tertiary/aromatic N) is 2. The third-order valence-electron chi connectivity index (χ3n) is 3.93. The van der Waals surface area contributed by atoms with E-state index < -0.39 is 11.4 Å². The van der Waals surface area contributed by atoms with Crippen molar-refractivity contribution in [2.75, 3.05) is 33.2 Å². The average Bonchev–Trinajstić information content (AvgIpc) is 2.45. The van der Waals surface area contributed by atoms with E-state index >= 15 is 0 Å². The van der Waals surface area contributed by atoms with Gasteiger partial charge in [-0.25, -0.2) is 4.79 Å². The Hall–Kier alpha value is -1.79. The molecule has 0 aromatic carbocycles. The third-order valence-corrected chi connectivity index (χ3v) is 3.93. The molecule has 1 aliphatic heterocycles. The van der Waals surface area contributed by atoms with E-state index in [0.29, 0.717) is 32.5 Å². The van der Waals surface area contributed by atoms with E-state index in [9.17, 15) is 14.4 Å². The zero-order chi connectivity index (χ0) is 16.0. The Balaban J connectivity index is 2.46. The number of likely N-dealkylation sites (tertiary alicyclic amines) is 1. The van der Waals surface area contributed by atoms with Crippen molar-refractivity contribution in [1.82, 2.24) is 15.1 Å². The van der Waals surface area contributed by atoms with Crippen LogP contribution < -0.4 is 5.32 Å².